The monoisotopic (exact) mass is 340 g/mol. The number of aryl methyl sites for hydroxylation is 1. The van der Waals surface area contributed by atoms with Crippen LogP contribution in [-0.2, 0) is 0 Å². The Hall–Kier alpha value is -0.100. The molecule has 0 fully saturated rings. The van der Waals surface area contributed by atoms with Gasteiger partial charge >= 0.3 is 5.97 Å². The van der Waals surface area contributed by atoms with E-state index in [0.717, 1.165) is 13.6 Å². The maximum absolute atomic E-state index is 10.7. The van der Waals surface area contributed by atoms with E-state index in [0.29, 0.717) is 5.56 Å². The molecule has 12 heavy (non-hydrogen) atoms. The fraction of sp³-hybridized carbons (Fsp3) is 0.125. The van der Waals surface area contributed by atoms with E-state index in [4.69, 9.17) is 5.11 Å². The zero-order chi connectivity index (χ0) is 9.30. The van der Waals surface area contributed by atoms with E-state index in [1.54, 1.807) is 6.07 Å². The topological polar surface area (TPSA) is 37.3 Å². The second-order valence-electron chi connectivity index (χ2n) is 2.39. The van der Waals surface area contributed by atoms with Gasteiger partial charge in [-0.3, -0.25) is 0 Å². The summed E-state index contributed by atoms with van der Waals surface area (Å²) in [6.45, 7) is 1.93. The molecule has 0 bridgehead atoms. The van der Waals surface area contributed by atoms with Crippen molar-refractivity contribution in [2.45, 2.75) is 6.92 Å². The number of rotatable bonds is 1. The summed E-state index contributed by atoms with van der Waals surface area (Å²) in [5.74, 6) is -0.889. The summed E-state index contributed by atoms with van der Waals surface area (Å²) in [4.78, 5) is 10.7. The van der Waals surface area contributed by atoms with Gasteiger partial charge in [0.1, 0.15) is 0 Å². The molecule has 0 aliphatic heterocycles. The van der Waals surface area contributed by atoms with E-state index in [1.165, 1.54) is 0 Å². The third kappa shape index (κ3) is 1.98. The molecular weight excluding hydrogens is 335 g/mol. The largest absolute Gasteiger partial charge is 0.478 e. The van der Waals surface area contributed by atoms with Crippen LogP contribution in [0.15, 0.2) is 16.6 Å². The van der Waals surface area contributed by atoms with Gasteiger partial charge in [-0.05, 0) is 47.2 Å². The molecule has 0 aromatic heterocycles. The highest BCUT2D eigenvalue weighted by Gasteiger charge is 2.09. The highest BCUT2D eigenvalue weighted by atomic mass is 127. The van der Waals surface area contributed by atoms with Crippen LogP contribution in [0.4, 0.5) is 0 Å². The Morgan fingerprint density at radius 3 is 2.67 bits per heavy atom. The van der Waals surface area contributed by atoms with Crippen LogP contribution in [0, 0.1) is 10.5 Å². The van der Waals surface area contributed by atoms with Crippen LogP contribution in [0.2, 0.25) is 0 Å². The quantitative estimate of drug-likeness (QED) is 0.798. The average Bonchev–Trinajstić information content (AvgIpc) is 1.96. The molecule has 0 atom stereocenters. The lowest BCUT2D eigenvalue weighted by Crippen LogP contribution is -2.00. The van der Waals surface area contributed by atoms with Crippen LogP contribution < -0.4 is 0 Å². The van der Waals surface area contributed by atoms with Crippen molar-refractivity contribution in [1.29, 1.82) is 0 Å². The number of hydrogen-bond donors (Lipinski definition) is 1. The first-order valence-corrected chi connectivity index (χ1v) is 5.08. The Morgan fingerprint density at radius 2 is 2.17 bits per heavy atom. The van der Waals surface area contributed by atoms with Crippen LogP contribution >= 0.6 is 38.5 Å². The van der Waals surface area contributed by atoms with Crippen molar-refractivity contribution in [3.63, 3.8) is 0 Å². The number of carboxylic acid groups (broad SMARTS) is 1. The Morgan fingerprint density at radius 1 is 1.58 bits per heavy atom. The van der Waals surface area contributed by atoms with E-state index in [2.05, 4.69) is 15.9 Å². The average molecular weight is 341 g/mol. The van der Waals surface area contributed by atoms with E-state index in [9.17, 15) is 4.79 Å². The van der Waals surface area contributed by atoms with Crippen LogP contribution in [0.1, 0.15) is 15.9 Å². The first-order chi connectivity index (χ1) is 5.52. The van der Waals surface area contributed by atoms with Crippen molar-refractivity contribution in [3.8, 4) is 0 Å². The minimum atomic E-state index is -0.889. The van der Waals surface area contributed by atoms with Crippen LogP contribution in [0.3, 0.4) is 0 Å². The highest BCUT2D eigenvalue weighted by molar-refractivity contribution is 14.1. The maximum atomic E-state index is 10.7. The number of halogens is 2. The molecule has 0 saturated carbocycles. The predicted octanol–water partition coefficient (Wildman–Crippen LogP) is 3.06. The molecule has 1 aromatic rings. The van der Waals surface area contributed by atoms with Crippen molar-refractivity contribution in [3.05, 3.63) is 31.3 Å². The Labute approximate surface area is 92.2 Å². The molecule has 2 nitrogen and oxygen atoms in total. The lowest BCUT2D eigenvalue weighted by molar-refractivity contribution is 0.0695. The third-order valence-electron chi connectivity index (χ3n) is 1.48. The Balaban J connectivity index is 3.33. The van der Waals surface area contributed by atoms with Gasteiger partial charge in [-0.25, -0.2) is 4.79 Å². The normalized spacial score (nSPS) is 9.92. The second-order valence-corrected chi connectivity index (χ2v) is 4.40. The zero-order valence-corrected chi connectivity index (χ0v) is 10.0. The highest BCUT2D eigenvalue weighted by Crippen LogP contribution is 2.22. The first kappa shape index (κ1) is 9.98. The van der Waals surface area contributed by atoms with Gasteiger partial charge in [0.25, 0.3) is 0 Å². The predicted molar refractivity (Wildman–Crippen MR) is 58.6 cm³/mol. The van der Waals surface area contributed by atoms with Gasteiger partial charge in [0.05, 0.1) is 5.56 Å². The summed E-state index contributed by atoms with van der Waals surface area (Å²) in [5, 5.41) is 8.76. The van der Waals surface area contributed by atoms with Gasteiger partial charge in [-0.2, -0.15) is 0 Å². The summed E-state index contributed by atoms with van der Waals surface area (Å²) in [6, 6.07) is 3.47. The molecule has 4 heteroatoms. The van der Waals surface area contributed by atoms with E-state index < -0.39 is 5.97 Å². The van der Waals surface area contributed by atoms with Crippen molar-refractivity contribution < 1.29 is 9.90 Å². The molecule has 0 aliphatic carbocycles. The lowest BCUT2D eigenvalue weighted by atomic mass is 10.1. The second kappa shape index (κ2) is 3.74. The molecule has 0 spiro atoms. The number of aromatic carboxylic acids is 1. The zero-order valence-electron chi connectivity index (χ0n) is 6.27. The summed E-state index contributed by atoms with van der Waals surface area (Å²) < 4.78 is 1.60. The molecule has 1 aromatic carbocycles. The van der Waals surface area contributed by atoms with Gasteiger partial charge < -0.3 is 5.11 Å². The number of carbonyl (C=O) groups is 1. The van der Waals surface area contributed by atoms with Crippen LogP contribution in [0.5, 0.6) is 0 Å². The number of benzene rings is 1. The van der Waals surface area contributed by atoms with Crippen molar-refractivity contribution in [1.82, 2.24) is 0 Å². The Kier molecular flexibility index (Phi) is 3.11. The molecule has 0 amide bonds. The fourth-order valence-corrected chi connectivity index (χ4v) is 2.01. The molecule has 1 rings (SSSR count). The summed E-state index contributed by atoms with van der Waals surface area (Å²) in [7, 11) is 0. The van der Waals surface area contributed by atoms with E-state index in [1.807, 2.05) is 35.6 Å². The van der Waals surface area contributed by atoms with Crippen LogP contribution in [-0.4, -0.2) is 11.1 Å². The minimum absolute atomic E-state index is 0.341. The van der Waals surface area contributed by atoms with E-state index in [-0.39, 0.29) is 0 Å². The Bertz CT molecular complexity index is 336. The summed E-state index contributed by atoms with van der Waals surface area (Å²) >= 11 is 5.30. The van der Waals surface area contributed by atoms with Gasteiger partial charge in [-0.15, -0.1) is 0 Å². The summed E-state index contributed by atoms with van der Waals surface area (Å²) in [6.07, 6.45) is 0. The molecule has 0 saturated heterocycles. The smallest absolute Gasteiger partial charge is 0.336 e. The van der Waals surface area contributed by atoms with Crippen molar-refractivity contribution in [2.75, 3.05) is 0 Å². The molecule has 0 aliphatic rings. The molecule has 0 radical (unpaired) electrons. The van der Waals surface area contributed by atoms with Crippen molar-refractivity contribution >= 4 is 44.5 Å². The molecule has 0 heterocycles. The van der Waals surface area contributed by atoms with Gasteiger partial charge in [-0.1, -0.05) is 15.9 Å². The van der Waals surface area contributed by atoms with Gasteiger partial charge in [0, 0.05) is 8.04 Å². The SMILES string of the molecule is Cc1cc(I)c(C(=O)O)cc1Br. The molecule has 0 unspecified atom stereocenters. The van der Waals surface area contributed by atoms with Crippen molar-refractivity contribution in [2.24, 2.45) is 0 Å². The molecular formula is C8H6BrIO2. The lowest BCUT2D eigenvalue weighted by Gasteiger charge is -2.02. The molecule has 1 N–H and O–H groups in total. The fourth-order valence-electron chi connectivity index (χ4n) is 0.810. The maximum Gasteiger partial charge on any atom is 0.336 e. The summed E-state index contributed by atoms with van der Waals surface area (Å²) in [5.41, 5.74) is 1.39. The number of hydrogen-bond acceptors (Lipinski definition) is 1. The standard InChI is InChI=1S/C8H6BrIO2/c1-4-2-7(10)5(8(11)12)3-6(4)9/h2-3H,1H3,(H,11,12). The van der Waals surface area contributed by atoms with E-state index >= 15 is 0 Å². The van der Waals surface area contributed by atoms with Gasteiger partial charge in [0.15, 0.2) is 0 Å². The van der Waals surface area contributed by atoms with Crippen LogP contribution in [0.25, 0.3) is 0 Å². The first-order valence-electron chi connectivity index (χ1n) is 3.21. The third-order valence-corrected chi connectivity index (χ3v) is 3.23. The number of carboxylic acids is 1. The minimum Gasteiger partial charge on any atom is -0.478 e. The van der Waals surface area contributed by atoms with Gasteiger partial charge in [0.2, 0.25) is 0 Å². The molecule has 64 valence electrons.